The molecule has 0 saturated heterocycles. The summed E-state index contributed by atoms with van der Waals surface area (Å²) in [5, 5.41) is 4.01. The lowest BCUT2D eigenvalue weighted by Gasteiger charge is -2.19. The summed E-state index contributed by atoms with van der Waals surface area (Å²) < 4.78 is 37.4. The van der Waals surface area contributed by atoms with E-state index in [0.29, 0.717) is 5.01 Å². The van der Waals surface area contributed by atoms with Gasteiger partial charge in [0.2, 0.25) is 5.91 Å². The van der Waals surface area contributed by atoms with Crippen molar-refractivity contribution in [3.05, 3.63) is 52.0 Å². The molecule has 2 aromatic rings. The summed E-state index contributed by atoms with van der Waals surface area (Å²) >= 11 is 0.933. The van der Waals surface area contributed by atoms with Crippen LogP contribution in [0.25, 0.3) is 0 Å². The van der Waals surface area contributed by atoms with Crippen LogP contribution in [0.2, 0.25) is 0 Å². The topological polar surface area (TPSA) is 68.0 Å². The molecule has 3 N–H and O–H groups in total. The Balaban J connectivity index is 0.00000312. The zero-order valence-electron chi connectivity index (χ0n) is 13.4. The molecule has 0 aliphatic carbocycles. The summed E-state index contributed by atoms with van der Waals surface area (Å²) in [4.78, 5) is 15.6. The van der Waals surface area contributed by atoms with E-state index < -0.39 is 23.8 Å². The standard InChI is InChI=1S/C16H18F3N3OS.ClH/c1-10(14(20)11-5-3-2-4-6-11)15(23)21-8-7-13-22-12(9-24-13)16(17,18)19;/h2-6,9-10,14H,7-8,20H2,1H3,(H,21,23);1H. The number of benzene rings is 1. The van der Waals surface area contributed by atoms with Crippen LogP contribution in [0.4, 0.5) is 13.2 Å². The third-order valence-corrected chi connectivity index (χ3v) is 4.53. The fourth-order valence-electron chi connectivity index (χ4n) is 2.14. The fraction of sp³-hybridized carbons (Fsp3) is 0.375. The van der Waals surface area contributed by atoms with Crippen molar-refractivity contribution in [3.8, 4) is 0 Å². The van der Waals surface area contributed by atoms with Crippen LogP contribution in [0, 0.1) is 5.92 Å². The lowest BCUT2D eigenvalue weighted by molar-refractivity contribution is -0.140. The number of rotatable bonds is 6. The van der Waals surface area contributed by atoms with Crippen molar-refractivity contribution >= 4 is 29.7 Å². The molecule has 9 heteroatoms. The molecule has 4 nitrogen and oxygen atoms in total. The zero-order valence-corrected chi connectivity index (χ0v) is 15.0. The average molecular weight is 394 g/mol. The Labute approximate surface area is 154 Å². The van der Waals surface area contributed by atoms with Crippen LogP contribution in [0.3, 0.4) is 0 Å². The molecule has 0 aliphatic heterocycles. The van der Waals surface area contributed by atoms with E-state index in [1.54, 1.807) is 6.92 Å². The highest BCUT2D eigenvalue weighted by molar-refractivity contribution is 7.09. The van der Waals surface area contributed by atoms with Gasteiger partial charge in [-0.05, 0) is 5.56 Å². The minimum Gasteiger partial charge on any atom is -0.355 e. The van der Waals surface area contributed by atoms with Crippen LogP contribution in [0.5, 0.6) is 0 Å². The van der Waals surface area contributed by atoms with Crippen molar-refractivity contribution in [3.63, 3.8) is 0 Å². The molecule has 2 atom stereocenters. The van der Waals surface area contributed by atoms with Gasteiger partial charge in [0, 0.05) is 24.4 Å². The molecular formula is C16H19ClF3N3OS. The van der Waals surface area contributed by atoms with Gasteiger partial charge in [-0.1, -0.05) is 37.3 Å². The second-order valence-corrected chi connectivity index (χ2v) is 6.33. The maximum absolute atomic E-state index is 12.5. The second kappa shape index (κ2) is 9.17. The molecule has 0 radical (unpaired) electrons. The van der Waals surface area contributed by atoms with Crippen LogP contribution >= 0.6 is 23.7 Å². The molecule has 0 fully saturated rings. The summed E-state index contributed by atoms with van der Waals surface area (Å²) in [6, 6.07) is 8.82. The predicted molar refractivity (Wildman–Crippen MR) is 93.6 cm³/mol. The number of nitrogens with two attached hydrogens (primary N) is 1. The Morgan fingerprint density at radius 1 is 1.32 bits per heavy atom. The average Bonchev–Trinajstić information content (AvgIpc) is 3.03. The maximum atomic E-state index is 12.5. The van der Waals surface area contributed by atoms with Gasteiger partial charge in [-0.2, -0.15) is 13.2 Å². The molecule has 25 heavy (non-hydrogen) atoms. The zero-order chi connectivity index (χ0) is 17.7. The maximum Gasteiger partial charge on any atom is 0.434 e. The highest BCUT2D eigenvalue weighted by Gasteiger charge is 2.33. The Bertz CT molecular complexity index is 679. The Morgan fingerprint density at radius 3 is 2.52 bits per heavy atom. The van der Waals surface area contributed by atoms with Gasteiger partial charge in [-0.15, -0.1) is 23.7 Å². The van der Waals surface area contributed by atoms with Gasteiger partial charge in [-0.25, -0.2) is 4.98 Å². The summed E-state index contributed by atoms with van der Waals surface area (Å²) in [7, 11) is 0. The molecule has 1 amide bonds. The highest BCUT2D eigenvalue weighted by Crippen LogP contribution is 2.30. The van der Waals surface area contributed by atoms with E-state index in [4.69, 9.17) is 5.73 Å². The molecule has 0 bridgehead atoms. The molecule has 1 heterocycles. The lowest BCUT2D eigenvalue weighted by Crippen LogP contribution is -2.36. The van der Waals surface area contributed by atoms with Gasteiger partial charge in [0.1, 0.15) is 0 Å². The van der Waals surface area contributed by atoms with Gasteiger partial charge in [0.15, 0.2) is 5.69 Å². The van der Waals surface area contributed by atoms with Gasteiger partial charge < -0.3 is 11.1 Å². The molecular weight excluding hydrogens is 375 g/mol. The molecule has 1 aromatic carbocycles. The summed E-state index contributed by atoms with van der Waals surface area (Å²) in [5.74, 6) is -0.687. The van der Waals surface area contributed by atoms with E-state index in [1.165, 1.54) is 0 Å². The Hall–Kier alpha value is -1.64. The lowest BCUT2D eigenvalue weighted by atomic mass is 9.95. The number of hydrogen-bond donors (Lipinski definition) is 2. The number of amides is 1. The first-order valence-corrected chi connectivity index (χ1v) is 8.27. The van der Waals surface area contributed by atoms with E-state index >= 15 is 0 Å². The quantitative estimate of drug-likeness (QED) is 0.788. The van der Waals surface area contributed by atoms with E-state index in [9.17, 15) is 18.0 Å². The number of halogens is 4. The third kappa shape index (κ3) is 5.98. The molecule has 2 rings (SSSR count). The van der Waals surface area contributed by atoms with E-state index in [0.717, 1.165) is 22.3 Å². The smallest absolute Gasteiger partial charge is 0.355 e. The highest BCUT2D eigenvalue weighted by atomic mass is 35.5. The Kier molecular flexibility index (Phi) is 7.85. The molecule has 0 spiro atoms. The number of nitrogens with one attached hydrogen (secondary N) is 1. The molecule has 1 aromatic heterocycles. The first-order chi connectivity index (χ1) is 11.3. The van der Waals surface area contributed by atoms with Gasteiger partial charge in [-0.3, -0.25) is 4.79 Å². The summed E-state index contributed by atoms with van der Waals surface area (Å²) in [5.41, 5.74) is 6.04. The first kappa shape index (κ1) is 21.4. The van der Waals surface area contributed by atoms with Crippen LogP contribution in [0.15, 0.2) is 35.7 Å². The Morgan fingerprint density at radius 2 is 1.96 bits per heavy atom. The van der Waals surface area contributed by atoms with Crippen molar-refractivity contribution in [1.29, 1.82) is 0 Å². The minimum absolute atomic E-state index is 0. The van der Waals surface area contributed by atoms with Gasteiger partial charge >= 0.3 is 6.18 Å². The molecule has 2 unspecified atom stereocenters. The predicted octanol–water partition coefficient (Wildman–Crippen LogP) is 3.58. The fourth-order valence-corrected chi connectivity index (χ4v) is 2.94. The number of carbonyl (C=O) groups is 1. The van der Waals surface area contributed by atoms with Gasteiger partial charge in [0.25, 0.3) is 0 Å². The third-order valence-electron chi connectivity index (χ3n) is 3.62. The van der Waals surface area contributed by atoms with Crippen molar-refractivity contribution in [2.75, 3.05) is 6.54 Å². The van der Waals surface area contributed by atoms with Crippen molar-refractivity contribution in [2.24, 2.45) is 11.7 Å². The largest absolute Gasteiger partial charge is 0.434 e. The van der Waals surface area contributed by atoms with Gasteiger partial charge in [0.05, 0.1) is 10.9 Å². The van der Waals surface area contributed by atoms with Crippen LogP contribution in [-0.2, 0) is 17.4 Å². The van der Waals surface area contributed by atoms with Crippen molar-refractivity contribution < 1.29 is 18.0 Å². The number of hydrogen-bond acceptors (Lipinski definition) is 4. The van der Waals surface area contributed by atoms with E-state index in [1.807, 2.05) is 30.3 Å². The van der Waals surface area contributed by atoms with Crippen molar-refractivity contribution in [1.82, 2.24) is 10.3 Å². The molecule has 138 valence electrons. The number of aromatic nitrogens is 1. The normalized spacial score (nSPS) is 13.6. The summed E-state index contributed by atoms with van der Waals surface area (Å²) in [6.07, 6.45) is -4.19. The van der Waals surface area contributed by atoms with Crippen LogP contribution in [0.1, 0.15) is 29.2 Å². The second-order valence-electron chi connectivity index (χ2n) is 5.39. The van der Waals surface area contributed by atoms with E-state index in [2.05, 4.69) is 10.3 Å². The minimum atomic E-state index is -4.44. The number of nitrogens with zero attached hydrogens (tertiary/aromatic N) is 1. The van der Waals surface area contributed by atoms with Crippen LogP contribution in [-0.4, -0.2) is 17.4 Å². The first-order valence-electron chi connectivity index (χ1n) is 7.39. The van der Waals surface area contributed by atoms with Crippen molar-refractivity contribution in [2.45, 2.75) is 25.6 Å². The van der Waals surface area contributed by atoms with E-state index in [-0.39, 0.29) is 31.3 Å². The summed E-state index contributed by atoms with van der Waals surface area (Å²) in [6.45, 7) is 1.94. The van der Waals surface area contributed by atoms with Crippen LogP contribution < -0.4 is 11.1 Å². The monoisotopic (exact) mass is 393 g/mol. The number of thiazole rings is 1. The molecule has 0 saturated carbocycles. The SMILES string of the molecule is CC(C(=O)NCCc1nc(C(F)(F)F)cs1)C(N)c1ccccc1.Cl. The number of carbonyl (C=O) groups excluding carboxylic acids is 1. The number of alkyl halides is 3. The molecule has 0 aliphatic rings.